The molecule has 1 spiro atoms. The molecule has 13 heterocycles. The number of ether oxygens (including phenoxy) is 5. The second-order valence-corrected chi connectivity index (χ2v) is 47.5. The van der Waals surface area contributed by atoms with Crippen molar-refractivity contribution in [1.82, 2.24) is 68.5 Å². The number of anilines is 8. The average molecular weight is 2100 g/mol. The average Bonchev–Trinajstić information content (AvgIpc) is 1.58. The molecule has 0 radical (unpaired) electrons. The summed E-state index contributed by atoms with van der Waals surface area (Å²) in [4.78, 5) is 106. The number of hydrogen-bond acceptors (Lipinski definition) is 33. The number of sulfonamides is 4. The Bertz CT molecular complexity index is 7540. The second kappa shape index (κ2) is 43.7. The zero-order chi connectivity index (χ0) is 107. The minimum atomic E-state index is -4.41. The minimum absolute atomic E-state index is 0.0193. The van der Waals surface area contributed by atoms with E-state index in [1.165, 1.54) is 75.3 Å². The van der Waals surface area contributed by atoms with Crippen LogP contribution in [0, 0.1) is 42.9 Å². The molecule has 148 heavy (non-hydrogen) atoms. The van der Waals surface area contributed by atoms with Gasteiger partial charge in [-0.1, -0.05) is 78.8 Å². The van der Waals surface area contributed by atoms with Crippen LogP contribution < -0.4 is 84.5 Å². The van der Waals surface area contributed by atoms with Crippen molar-refractivity contribution in [2.75, 3.05) is 97.6 Å². The Morgan fingerprint density at radius 3 is 1.33 bits per heavy atom. The summed E-state index contributed by atoms with van der Waals surface area (Å²) < 4.78 is 142. The lowest BCUT2D eigenvalue weighted by Gasteiger charge is -2.47. The van der Waals surface area contributed by atoms with E-state index in [9.17, 15) is 57.6 Å². The van der Waals surface area contributed by atoms with Gasteiger partial charge in [0.05, 0.1) is 68.7 Å². The Kier molecular flexibility index (Phi) is 32.1. The molecule has 2 unspecified atom stereocenters. The highest BCUT2D eigenvalue weighted by Crippen LogP contribution is 2.51. The van der Waals surface area contributed by atoms with Gasteiger partial charge in [0, 0.05) is 120 Å². The van der Waals surface area contributed by atoms with Gasteiger partial charge in [-0.05, 0) is 250 Å². The van der Waals surface area contributed by atoms with Gasteiger partial charge in [-0.3, -0.25) is 24.0 Å². The van der Waals surface area contributed by atoms with Crippen molar-refractivity contribution in [1.29, 1.82) is 0 Å². The number of rotatable bonds is 27. The summed E-state index contributed by atoms with van der Waals surface area (Å²) in [5.74, 6) is 3.37. The number of aromatic amines is 1. The first-order valence-electron chi connectivity index (χ1n) is 48.2. The van der Waals surface area contributed by atoms with Gasteiger partial charge >= 0.3 is 0 Å². The third-order valence-corrected chi connectivity index (χ3v) is 31.7. The van der Waals surface area contributed by atoms with Crippen LogP contribution in [0.3, 0.4) is 0 Å². The lowest BCUT2D eigenvalue weighted by molar-refractivity contribution is 0.0972. The van der Waals surface area contributed by atoms with Gasteiger partial charge in [0.25, 0.3) is 69.3 Å². The number of pyridine rings is 8. The fourth-order valence-electron chi connectivity index (χ4n) is 19.8. The van der Waals surface area contributed by atoms with Crippen LogP contribution in [0.25, 0.3) is 28.3 Å². The zero-order valence-electron chi connectivity index (χ0n) is 86.2. The van der Waals surface area contributed by atoms with Gasteiger partial charge in [0.2, 0.25) is 5.88 Å². The highest BCUT2D eigenvalue weighted by Gasteiger charge is 2.51. The van der Waals surface area contributed by atoms with E-state index in [-0.39, 0.29) is 82.1 Å². The van der Waals surface area contributed by atoms with Crippen molar-refractivity contribution < 1.29 is 76.5 Å². The predicted octanol–water partition coefficient (Wildman–Crippen LogP) is 14.8. The molecule has 12 aromatic rings. The third kappa shape index (κ3) is 24.5. The Hall–Kier alpha value is -14.9. The summed E-state index contributed by atoms with van der Waals surface area (Å²) in [6, 6.07) is 43.9. The van der Waals surface area contributed by atoms with Crippen LogP contribution in [-0.4, -0.2) is 190 Å². The van der Waals surface area contributed by atoms with Gasteiger partial charge < -0.3 is 65.1 Å². The number of aromatic nitrogens is 10. The third-order valence-electron chi connectivity index (χ3n) is 26.3. The number of methoxy groups -OCH3 is 4. The molecule has 1 saturated carbocycles. The Labute approximate surface area is 862 Å². The Morgan fingerprint density at radius 1 is 0.459 bits per heavy atom. The number of nitrogen functional groups attached to an aromatic ring is 2. The molecule has 10 N–H and O–H groups in total. The normalized spacial score (nSPS) is 17.5. The highest BCUT2D eigenvalue weighted by atomic mass is 32.2. The quantitative estimate of drug-likeness (QED) is 0.0237. The van der Waals surface area contributed by atoms with Crippen LogP contribution in [0.5, 0.6) is 28.9 Å². The van der Waals surface area contributed by atoms with Gasteiger partial charge in [-0.2, -0.15) is 8.42 Å². The summed E-state index contributed by atoms with van der Waals surface area (Å²) >= 11 is 0. The van der Waals surface area contributed by atoms with E-state index in [2.05, 4.69) is 154 Å². The number of carbonyl (C=O) groups excluding carboxylic acids is 4. The summed E-state index contributed by atoms with van der Waals surface area (Å²) in [5.41, 5.74) is 15.6. The monoisotopic (exact) mass is 2100 g/mol. The maximum atomic E-state index is 13.5. The van der Waals surface area contributed by atoms with Crippen molar-refractivity contribution in [3.63, 3.8) is 0 Å². The molecule has 0 bridgehead atoms. The van der Waals surface area contributed by atoms with Crippen molar-refractivity contribution in [3.8, 4) is 57.2 Å². The van der Waals surface area contributed by atoms with Crippen LogP contribution in [0.1, 0.15) is 188 Å². The number of amides is 4. The number of carbonyl (C=O) groups is 4. The molecular formula is C105H127N21O18S4. The molecule has 3 aromatic carbocycles. The molecule has 4 saturated heterocycles. The van der Waals surface area contributed by atoms with Crippen LogP contribution in [0.2, 0.25) is 0 Å². The smallest absolute Gasteiger partial charge is 0.281 e. The summed E-state index contributed by atoms with van der Waals surface area (Å²) in [6.45, 7) is 34.5. The molecule has 5 fully saturated rings. The summed E-state index contributed by atoms with van der Waals surface area (Å²) in [6.07, 6.45) is 14.3. The standard InChI is InChI=1S/C27H35N7O4S.C26H31N5O5S.C26H31N5O4S.C26H30N4O5S/c1-18-15-27(11-6-12-27)33(16-18)24-19(25(35)32-39(36,37)20-7-5-13-29-23(20)28)8-9-21(30-24)34-14-10-22(31-34)38-17-26(2,3)4;1-17-15-26(2,3)31(16-17)24-21(8-7-11-27-24)25(32)30-37(33,34)23-10-6-9-22(29-23)28-18-12-19(35-4)14-20(13-18)36-5;1-16-14-26(3,4)31(15-16)24-19(25(32)30-36(33,34)21-10-7-13-28-23(21)27)11-12-20(29-24)18-9-6-8-17(2)22(18)35-5;1-16-14-26(3,4)30(15-16)23-19(24(31)29-36(33,34)21-10-7-13-27-25(21)32)11-12-20(28-23)18-9-6-8-17(2)22(18)35-5/h5,7-10,13-14,18H,6,11-12,15-17H2,1-4H3,(H2,28,29)(H,32,35);6-14,17H,15-16H2,1-5H3,(H,28,29)(H,30,32);6-13,16H,14-15H2,1-5H3,(H2,27,28)(H,30,32);6-13,16H,14-15H2,1-5H3,(H,27,32)(H,29,31)/t;;2*16-/m..00/s1. The first-order chi connectivity index (χ1) is 69.8. The zero-order valence-corrected chi connectivity index (χ0v) is 89.5. The molecule has 784 valence electrons. The van der Waals surface area contributed by atoms with Crippen molar-refractivity contribution >= 4 is 110 Å². The fraction of sp³-hybridized carbons (Fsp3) is 0.381. The fourth-order valence-corrected chi connectivity index (χ4v) is 23.9. The minimum Gasteiger partial charge on any atom is -0.497 e. The number of nitrogens with zero attached hydrogens (tertiary/aromatic N) is 13. The number of nitrogens with one attached hydrogen (secondary N) is 6. The maximum Gasteiger partial charge on any atom is 0.281 e. The number of para-hydroxylation sites is 2. The molecule has 4 aliphatic heterocycles. The maximum absolute atomic E-state index is 13.5. The van der Waals surface area contributed by atoms with Gasteiger partial charge in [0.1, 0.15) is 73.5 Å². The second-order valence-electron chi connectivity index (χ2n) is 41.0. The van der Waals surface area contributed by atoms with Crippen LogP contribution >= 0.6 is 0 Å². The van der Waals surface area contributed by atoms with E-state index in [1.807, 2.05) is 59.9 Å². The molecule has 4 atom stereocenters. The Balaban J connectivity index is 0.000000156. The van der Waals surface area contributed by atoms with E-state index >= 15 is 0 Å². The highest BCUT2D eigenvalue weighted by molar-refractivity contribution is 7.91. The number of H-pyrrole nitrogens is 1. The van der Waals surface area contributed by atoms with E-state index in [4.69, 9.17) is 50.1 Å². The molecule has 4 amide bonds. The van der Waals surface area contributed by atoms with E-state index in [0.29, 0.717) is 118 Å². The van der Waals surface area contributed by atoms with E-state index < -0.39 is 74.2 Å². The summed E-state index contributed by atoms with van der Waals surface area (Å²) in [5, 5.41) is 7.26. The van der Waals surface area contributed by atoms with Crippen molar-refractivity contribution in [3.05, 3.63) is 239 Å². The molecule has 1 aliphatic carbocycles. The predicted molar refractivity (Wildman–Crippen MR) is 566 cm³/mol. The first kappa shape index (κ1) is 109. The topological polar surface area (TPSA) is 517 Å². The molecular weight excluding hydrogens is 1970 g/mol. The van der Waals surface area contributed by atoms with E-state index in [0.717, 1.165) is 86.4 Å². The van der Waals surface area contributed by atoms with Crippen LogP contribution in [-0.2, 0) is 40.1 Å². The largest absolute Gasteiger partial charge is 0.497 e. The lowest BCUT2D eigenvalue weighted by Crippen LogP contribution is -2.50. The molecule has 39 nitrogen and oxygen atoms in total. The molecule has 43 heteroatoms. The van der Waals surface area contributed by atoms with Crippen molar-refractivity contribution in [2.24, 2.45) is 29.1 Å². The number of nitrogens with two attached hydrogens (primary N) is 2. The lowest BCUT2D eigenvalue weighted by atomic mass is 9.73. The van der Waals surface area contributed by atoms with Gasteiger partial charge in [-0.25, -0.2) is 83.7 Å². The molecule has 5 aliphatic rings. The number of hydrogen-bond donors (Lipinski definition) is 8. The number of benzene rings is 3. The van der Waals surface area contributed by atoms with Crippen LogP contribution in [0.4, 0.5) is 46.4 Å². The Morgan fingerprint density at radius 2 is 0.885 bits per heavy atom. The van der Waals surface area contributed by atoms with Gasteiger partial charge in [0.15, 0.2) is 15.7 Å². The summed E-state index contributed by atoms with van der Waals surface area (Å²) in [7, 11) is -10.9. The van der Waals surface area contributed by atoms with Crippen LogP contribution in [0.15, 0.2) is 219 Å². The molecule has 9 aromatic heterocycles. The van der Waals surface area contributed by atoms with E-state index in [1.54, 1.807) is 110 Å². The number of aryl methyl sites for hydroxylation is 2. The van der Waals surface area contributed by atoms with Crippen molar-refractivity contribution in [2.45, 2.75) is 191 Å². The van der Waals surface area contributed by atoms with Gasteiger partial charge in [-0.15, -0.1) is 5.10 Å². The molecule has 17 rings (SSSR count). The first-order valence-corrected chi connectivity index (χ1v) is 54.1. The SMILES string of the molecule is CC1CN(c2nc(-n3ccc(OCC(C)(C)C)n3)ccc2C(=O)NS(=O)(=O)c2cccnc2N)C2(CCC2)C1.COc1c(C)cccc1-c1ccc(C(=O)NS(=O)(=O)c2ccc[nH]c2=O)c(N2C[C@@H](C)CC2(C)C)n1.COc1c(C)cccc1-c1ccc(C(=O)NS(=O)(=O)c2cccnc2N)c(N2C[C@@H](C)CC2(C)C)n1.COc1cc(Nc2cccc(S(=O)(=O)NC(=O)c3cccnc3N3CC(C)CC3(C)C)n2)cc(OC)c1.